The van der Waals surface area contributed by atoms with E-state index in [4.69, 9.17) is 0 Å². The van der Waals surface area contributed by atoms with Crippen LogP contribution in [0.2, 0.25) is 0 Å². The standard InChI is InChI=1S/C18H25FN4S.HI/c1-4-20-18(21-9-5-6-17-23-14(3)12-24-17)22-11-15-8-7-13(2)16(19)10-15;/h7-8,10,12H,4-6,9,11H2,1-3H3,(H2,20,21,22);1H. The molecule has 0 saturated carbocycles. The molecule has 0 fully saturated rings. The summed E-state index contributed by atoms with van der Waals surface area (Å²) in [5.74, 6) is 0.577. The zero-order valence-electron chi connectivity index (χ0n) is 14.9. The van der Waals surface area contributed by atoms with E-state index in [2.05, 4.69) is 26.0 Å². The first kappa shape index (κ1) is 21.8. The van der Waals surface area contributed by atoms with Gasteiger partial charge in [0.2, 0.25) is 0 Å². The number of nitrogens with one attached hydrogen (secondary N) is 2. The van der Waals surface area contributed by atoms with E-state index in [1.54, 1.807) is 30.4 Å². The van der Waals surface area contributed by atoms with Crippen molar-refractivity contribution in [2.75, 3.05) is 13.1 Å². The Hall–Kier alpha value is -1.22. The van der Waals surface area contributed by atoms with E-state index < -0.39 is 0 Å². The number of nitrogens with zero attached hydrogens (tertiary/aromatic N) is 2. The van der Waals surface area contributed by atoms with E-state index >= 15 is 0 Å². The van der Waals surface area contributed by atoms with E-state index in [1.165, 1.54) is 5.01 Å². The Morgan fingerprint density at radius 2 is 2.08 bits per heavy atom. The summed E-state index contributed by atoms with van der Waals surface area (Å²) >= 11 is 1.71. The molecular formula is C18H26FIN4S. The van der Waals surface area contributed by atoms with E-state index in [9.17, 15) is 4.39 Å². The normalized spacial score (nSPS) is 11.1. The van der Waals surface area contributed by atoms with Crippen molar-refractivity contribution < 1.29 is 4.39 Å². The number of benzene rings is 1. The summed E-state index contributed by atoms with van der Waals surface area (Å²) in [6.07, 6.45) is 1.96. The van der Waals surface area contributed by atoms with Crippen molar-refractivity contribution in [3.8, 4) is 0 Å². The number of aromatic nitrogens is 1. The van der Waals surface area contributed by atoms with Crippen LogP contribution in [0.15, 0.2) is 28.6 Å². The van der Waals surface area contributed by atoms with Crippen molar-refractivity contribution in [1.82, 2.24) is 15.6 Å². The number of hydrogen-bond acceptors (Lipinski definition) is 3. The molecule has 0 saturated heterocycles. The van der Waals surface area contributed by atoms with Gasteiger partial charge >= 0.3 is 0 Å². The molecule has 2 rings (SSSR count). The number of hydrogen-bond donors (Lipinski definition) is 2. The lowest BCUT2D eigenvalue weighted by molar-refractivity contribution is 0.616. The minimum Gasteiger partial charge on any atom is -0.357 e. The van der Waals surface area contributed by atoms with Crippen LogP contribution in [0.25, 0.3) is 0 Å². The lowest BCUT2D eigenvalue weighted by atomic mass is 10.1. The van der Waals surface area contributed by atoms with Crippen LogP contribution in [-0.4, -0.2) is 24.0 Å². The highest BCUT2D eigenvalue weighted by molar-refractivity contribution is 14.0. The van der Waals surface area contributed by atoms with Gasteiger partial charge < -0.3 is 10.6 Å². The fourth-order valence-corrected chi connectivity index (χ4v) is 3.03. The smallest absolute Gasteiger partial charge is 0.191 e. The zero-order chi connectivity index (χ0) is 17.4. The van der Waals surface area contributed by atoms with Gasteiger partial charge in [-0.05, 0) is 44.4 Å². The summed E-state index contributed by atoms with van der Waals surface area (Å²) in [4.78, 5) is 8.98. The fourth-order valence-electron chi connectivity index (χ4n) is 2.21. The van der Waals surface area contributed by atoms with Crippen molar-refractivity contribution in [3.63, 3.8) is 0 Å². The molecule has 0 aliphatic heterocycles. The molecule has 25 heavy (non-hydrogen) atoms. The predicted molar refractivity (Wildman–Crippen MR) is 115 cm³/mol. The molecule has 0 radical (unpaired) electrons. The summed E-state index contributed by atoms with van der Waals surface area (Å²) in [5, 5.41) is 9.78. The molecule has 0 aliphatic rings. The van der Waals surface area contributed by atoms with E-state index in [-0.39, 0.29) is 29.8 Å². The van der Waals surface area contributed by atoms with Crippen LogP contribution < -0.4 is 10.6 Å². The quantitative estimate of drug-likeness (QED) is 0.273. The summed E-state index contributed by atoms with van der Waals surface area (Å²) in [6.45, 7) is 7.88. The number of halogens is 2. The molecule has 0 spiro atoms. The second-order valence-electron chi connectivity index (χ2n) is 5.69. The summed E-state index contributed by atoms with van der Waals surface area (Å²) in [7, 11) is 0. The van der Waals surface area contributed by atoms with Gasteiger partial charge in [0.05, 0.1) is 11.6 Å². The van der Waals surface area contributed by atoms with Crippen molar-refractivity contribution in [2.24, 2.45) is 4.99 Å². The molecule has 138 valence electrons. The Labute approximate surface area is 170 Å². The highest BCUT2D eigenvalue weighted by Crippen LogP contribution is 2.11. The second kappa shape index (κ2) is 11.4. The molecule has 1 aromatic carbocycles. The minimum atomic E-state index is -0.181. The van der Waals surface area contributed by atoms with Crippen LogP contribution in [-0.2, 0) is 13.0 Å². The fraction of sp³-hybridized carbons (Fsp3) is 0.444. The van der Waals surface area contributed by atoms with Crippen LogP contribution in [0.1, 0.15) is 35.2 Å². The van der Waals surface area contributed by atoms with Crippen molar-refractivity contribution in [2.45, 2.75) is 40.2 Å². The molecule has 7 heteroatoms. The third-order valence-electron chi connectivity index (χ3n) is 3.53. The molecule has 2 N–H and O–H groups in total. The van der Waals surface area contributed by atoms with Crippen LogP contribution in [0.4, 0.5) is 4.39 Å². The molecular weight excluding hydrogens is 450 g/mol. The lowest BCUT2D eigenvalue weighted by Crippen LogP contribution is -2.37. The van der Waals surface area contributed by atoms with E-state index in [1.807, 2.05) is 19.9 Å². The molecule has 1 heterocycles. The summed E-state index contributed by atoms with van der Waals surface area (Å²) < 4.78 is 13.6. The zero-order valence-corrected chi connectivity index (χ0v) is 18.1. The van der Waals surface area contributed by atoms with Gasteiger partial charge in [-0.25, -0.2) is 14.4 Å². The molecule has 0 aliphatic carbocycles. The van der Waals surface area contributed by atoms with Crippen molar-refractivity contribution in [3.05, 3.63) is 51.2 Å². The van der Waals surface area contributed by atoms with Crippen molar-refractivity contribution in [1.29, 1.82) is 0 Å². The number of aryl methyl sites for hydroxylation is 3. The van der Waals surface area contributed by atoms with Gasteiger partial charge in [-0.15, -0.1) is 35.3 Å². The Balaban J connectivity index is 0.00000312. The number of guanidine groups is 1. The first-order valence-electron chi connectivity index (χ1n) is 8.26. The third-order valence-corrected chi connectivity index (χ3v) is 4.55. The average molecular weight is 476 g/mol. The number of rotatable bonds is 7. The Morgan fingerprint density at radius 3 is 2.72 bits per heavy atom. The maximum atomic E-state index is 13.6. The van der Waals surface area contributed by atoms with Gasteiger partial charge in [0.25, 0.3) is 0 Å². The van der Waals surface area contributed by atoms with Crippen LogP contribution >= 0.6 is 35.3 Å². The predicted octanol–water partition coefficient (Wildman–Crippen LogP) is 4.20. The lowest BCUT2D eigenvalue weighted by Gasteiger charge is -2.11. The molecule has 4 nitrogen and oxygen atoms in total. The maximum absolute atomic E-state index is 13.6. The van der Waals surface area contributed by atoms with E-state index in [0.29, 0.717) is 12.1 Å². The van der Waals surface area contributed by atoms with Gasteiger partial charge in [-0.3, -0.25) is 0 Å². The second-order valence-corrected chi connectivity index (χ2v) is 6.63. The third kappa shape index (κ3) is 7.68. The van der Waals surface area contributed by atoms with Gasteiger partial charge in [-0.2, -0.15) is 0 Å². The Morgan fingerprint density at radius 1 is 1.28 bits per heavy atom. The minimum absolute atomic E-state index is 0. The number of thiazole rings is 1. The monoisotopic (exact) mass is 476 g/mol. The maximum Gasteiger partial charge on any atom is 0.191 e. The Bertz CT molecular complexity index is 687. The average Bonchev–Trinajstić information content (AvgIpc) is 2.97. The highest BCUT2D eigenvalue weighted by atomic mass is 127. The Kier molecular flexibility index (Phi) is 9.96. The molecule has 1 aromatic heterocycles. The summed E-state index contributed by atoms with van der Waals surface area (Å²) in [5.41, 5.74) is 2.61. The SMILES string of the molecule is CCNC(=NCc1ccc(C)c(F)c1)NCCCc1nc(C)cs1.I. The first-order chi connectivity index (χ1) is 11.6. The summed E-state index contributed by atoms with van der Waals surface area (Å²) in [6, 6.07) is 5.25. The molecule has 0 bridgehead atoms. The molecule has 2 aromatic rings. The van der Waals surface area contributed by atoms with Crippen molar-refractivity contribution >= 4 is 41.3 Å². The van der Waals surface area contributed by atoms with Gasteiger partial charge in [-0.1, -0.05) is 12.1 Å². The van der Waals surface area contributed by atoms with Gasteiger partial charge in [0.1, 0.15) is 5.82 Å². The van der Waals surface area contributed by atoms with Crippen LogP contribution in [0.3, 0.4) is 0 Å². The number of aliphatic imine (C=N–C) groups is 1. The van der Waals surface area contributed by atoms with Crippen LogP contribution in [0.5, 0.6) is 0 Å². The highest BCUT2D eigenvalue weighted by Gasteiger charge is 2.02. The topological polar surface area (TPSA) is 49.3 Å². The van der Waals surface area contributed by atoms with Gasteiger partial charge in [0, 0.05) is 30.6 Å². The van der Waals surface area contributed by atoms with Gasteiger partial charge in [0.15, 0.2) is 5.96 Å². The first-order valence-corrected chi connectivity index (χ1v) is 9.14. The molecule has 0 unspecified atom stereocenters. The van der Waals surface area contributed by atoms with E-state index in [0.717, 1.165) is 43.1 Å². The molecule has 0 amide bonds. The largest absolute Gasteiger partial charge is 0.357 e. The van der Waals surface area contributed by atoms with Crippen LogP contribution in [0, 0.1) is 19.7 Å². The molecule has 0 atom stereocenters.